The lowest BCUT2D eigenvalue weighted by Crippen LogP contribution is -2.45. The molecule has 1 N–H and O–H groups in total. The van der Waals surface area contributed by atoms with Crippen molar-refractivity contribution in [1.29, 1.82) is 0 Å². The summed E-state index contributed by atoms with van der Waals surface area (Å²) in [5.41, 5.74) is 0. The van der Waals surface area contributed by atoms with Crippen LogP contribution in [-0.4, -0.2) is 52.2 Å². The SMILES string of the molecule is CC(C)[C@@H](C)NC(=O)CN1C(=O)C(=O)N(C(C)C)C1=O. The first-order valence-electron chi connectivity index (χ1n) is 6.65. The van der Waals surface area contributed by atoms with Gasteiger partial charge in [0.2, 0.25) is 5.91 Å². The molecule has 0 spiro atoms. The summed E-state index contributed by atoms with van der Waals surface area (Å²) in [5, 5.41) is 2.69. The smallest absolute Gasteiger partial charge is 0.334 e. The van der Waals surface area contributed by atoms with E-state index in [1.165, 1.54) is 0 Å². The Morgan fingerprint density at radius 3 is 2.00 bits per heavy atom. The van der Waals surface area contributed by atoms with Gasteiger partial charge in [-0.05, 0) is 26.7 Å². The topological polar surface area (TPSA) is 86.8 Å². The second-order valence-electron chi connectivity index (χ2n) is 5.54. The molecular formula is C13H21N3O4. The second-order valence-corrected chi connectivity index (χ2v) is 5.54. The van der Waals surface area contributed by atoms with Crippen LogP contribution in [0.25, 0.3) is 0 Å². The molecular weight excluding hydrogens is 262 g/mol. The second kappa shape index (κ2) is 6.02. The van der Waals surface area contributed by atoms with Crippen LogP contribution >= 0.6 is 0 Å². The first-order chi connectivity index (χ1) is 9.16. The molecule has 0 unspecified atom stereocenters. The van der Waals surface area contributed by atoms with Gasteiger partial charge >= 0.3 is 17.8 Å². The molecule has 112 valence electrons. The molecule has 20 heavy (non-hydrogen) atoms. The number of hydrogen-bond donors (Lipinski definition) is 1. The third-order valence-corrected chi connectivity index (χ3v) is 3.29. The number of nitrogens with one attached hydrogen (secondary N) is 1. The molecule has 1 heterocycles. The normalized spacial score (nSPS) is 17.4. The van der Waals surface area contributed by atoms with Gasteiger partial charge < -0.3 is 5.32 Å². The summed E-state index contributed by atoms with van der Waals surface area (Å²) < 4.78 is 0. The minimum atomic E-state index is -0.948. The number of rotatable bonds is 5. The molecule has 1 aliphatic rings. The first-order valence-corrected chi connectivity index (χ1v) is 6.65. The third kappa shape index (κ3) is 3.15. The molecule has 5 amide bonds. The molecule has 0 aromatic rings. The molecule has 7 heteroatoms. The van der Waals surface area contributed by atoms with E-state index in [0.717, 1.165) is 4.90 Å². The van der Waals surface area contributed by atoms with Crippen LogP contribution in [-0.2, 0) is 14.4 Å². The number of imide groups is 2. The van der Waals surface area contributed by atoms with Crippen LogP contribution in [0.15, 0.2) is 0 Å². The highest BCUT2D eigenvalue weighted by molar-refractivity contribution is 6.45. The zero-order chi connectivity index (χ0) is 15.6. The lowest BCUT2D eigenvalue weighted by Gasteiger charge is -2.20. The van der Waals surface area contributed by atoms with E-state index >= 15 is 0 Å². The van der Waals surface area contributed by atoms with E-state index < -0.39 is 36.3 Å². The molecule has 1 atom stereocenters. The average molecular weight is 283 g/mol. The maximum atomic E-state index is 12.0. The van der Waals surface area contributed by atoms with E-state index in [2.05, 4.69) is 5.32 Å². The van der Waals surface area contributed by atoms with E-state index in [1.54, 1.807) is 13.8 Å². The van der Waals surface area contributed by atoms with Gasteiger partial charge in [-0.3, -0.25) is 19.3 Å². The Kier molecular flexibility index (Phi) is 4.86. The fourth-order valence-corrected chi connectivity index (χ4v) is 1.73. The molecule has 1 saturated heterocycles. The number of nitrogens with zero attached hydrogens (tertiary/aromatic N) is 2. The summed E-state index contributed by atoms with van der Waals surface area (Å²) in [6.45, 7) is 8.56. The van der Waals surface area contributed by atoms with Crippen molar-refractivity contribution in [2.24, 2.45) is 5.92 Å². The number of urea groups is 1. The van der Waals surface area contributed by atoms with Gasteiger partial charge in [0.1, 0.15) is 6.54 Å². The Bertz CT molecular complexity index is 445. The van der Waals surface area contributed by atoms with Gasteiger partial charge in [-0.25, -0.2) is 9.69 Å². The molecule has 0 radical (unpaired) electrons. The maximum absolute atomic E-state index is 12.0. The largest absolute Gasteiger partial charge is 0.352 e. The minimum Gasteiger partial charge on any atom is -0.352 e. The quantitative estimate of drug-likeness (QED) is 0.582. The first kappa shape index (κ1) is 16.1. The molecule has 1 fully saturated rings. The monoisotopic (exact) mass is 283 g/mol. The number of amides is 5. The van der Waals surface area contributed by atoms with Crippen molar-refractivity contribution in [2.45, 2.75) is 46.7 Å². The zero-order valence-electron chi connectivity index (χ0n) is 12.5. The van der Waals surface area contributed by atoms with Crippen LogP contribution < -0.4 is 5.32 Å². The summed E-state index contributed by atoms with van der Waals surface area (Å²) in [6.07, 6.45) is 0. The third-order valence-electron chi connectivity index (χ3n) is 3.29. The Balaban J connectivity index is 2.73. The van der Waals surface area contributed by atoms with Crippen molar-refractivity contribution in [3.05, 3.63) is 0 Å². The molecule has 1 rings (SSSR count). The van der Waals surface area contributed by atoms with Crippen LogP contribution in [0.5, 0.6) is 0 Å². The summed E-state index contributed by atoms with van der Waals surface area (Å²) >= 11 is 0. The summed E-state index contributed by atoms with van der Waals surface area (Å²) in [5.74, 6) is -2.05. The summed E-state index contributed by atoms with van der Waals surface area (Å²) in [7, 11) is 0. The van der Waals surface area contributed by atoms with Crippen LogP contribution in [0, 0.1) is 5.92 Å². The van der Waals surface area contributed by atoms with Gasteiger partial charge in [-0.2, -0.15) is 0 Å². The number of hydrogen-bond acceptors (Lipinski definition) is 4. The van der Waals surface area contributed by atoms with Crippen LogP contribution in [0.3, 0.4) is 0 Å². The van der Waals surface area contributed by atoms with Crippen LogP contribution in [0.4, 0.5) is 4.79 Å². The Labute approximate surface area is 118 Å². The van der Waals surface area contributed by atoms with E-state index in [9.17, 15) is 19.2 Å². The van der Waals surface area contributed by atoms with Crippen molar-refractivity contribution in [1.82, 2.24) is 15.1 Å². The summed E-state index contributed by atoms with van der Waals surface area (Å²) in [6, 6.07) is -1.23. The molecule has 0 aromatic heterocycles. The Morgan fingerprint density at radius 2 is 1.60 bits per heavy atom. The van der Waals surface area contributed by atoms with Gasteiger partial charge in [0.05, 0.1) is 0 Å². The maximum Gasteiger partial charge on any atom is 0.334 e. The number of carbonyl (C=O) groups is 4. The summed E-state index contributed by atoms with van der Waals surface area (Å²) in [4.78, 5) is 48.7. The van der Waals surface area contributed by atoms with Gasteiger partial charge in [0, 0.05) is 12.1 Å². The predicted octanol–water partition coefficient (Wildman–Crippen LogP) is 0.346. The molecule has 1 aliphatic heterocycles. The molecule has 0 aliphatic carbocycles. The van der Waals surface area contributed by atoms with Crippen LogP contribution in [0.2, 0.25) is 0 Å². The Hall–Kier alpha value is -1.92. The van der Waals surface area contributed by atoms with Crippen LogP contribution in [0.1, 0.15) is 34.6 Å². The lowest BCUT2D eigenvalue weighted by molar-refractivity contribution is -0.144. The van der Waals surface area contributed by atoms with Crippen molar-refractivity contribution in [3.8, 4) is 0 Å². The van der Waals surface area contributed by atoms with E-state index in [1.807, 2.05) is 20.8 Å². The average Bonchev–Trinajstić information content (AvgIpc) is 2.53. The highest BCUT2D eigenvalue weighted by atomic mass is 16.2. The van der Waals surface area contributed by atoms with Gasteiger partial charge in [-0.1, -0.05) is 13.8 Å². The van der Waals surface area contributed by atoms with Gasteiger partial charge in [-0.15, -0.1) is 0 Å². The zero-order valence-corrected chi connectivity index (χ0v) is 12.5. The minimum absolute atomic E-state index is 0.0767. The molecule has 0 aromatic carbocycles. The van der Waals surface area contributed by atoms with Crippen molar-refractivity contribution < 1.29 is 19.2 Å². The highest BCUT2D eigenvalue weighted by Crippen LogP contribution is 2.14. The van der Waals surface area contributed by atoms with E-state index in [-0.39, 0.29) is 12.0 Å². The molecule has 0 bridgehead atoms. The molecule has 0 saturated carbocycles. The standard InChI is InChI=1S/C13H21N3O4/c1-7(2)9(5)14-10(17)6-15-11(18)12(19)16(8(3)4)13(15)20/h7-9H,6H2,1-5H3,(H,14,17)/t9-/m1/s1. The van der Waals surface area contributed by atoms with E-state index in [4.69, 9.17) is 0 Å². The predicted molar refractivity (Wildman–Crippen MR) is 71.5 cm³/mol. The van der Waals surface area contributed by atoms with Gasteiger partial charge in [0.15, 0.2) is 0 Å². The van der Waals surface area contributed by atoms with E-state index in [0.29, 0.717) is 4.90 Å². The fraction of sp³-hybridized carbons (Fsp3) is 0.692. The van der Waals surface area contributed by atoms with Crippen molar-refractivity contribution in [2.75, 3.05) is 6.54 Å². The number of carbonyl (C=O) groups excluding carboxylic acids is 4. The van der Waals surface area contributed by atoms with Gasteiger partial charge in [0.25, 0.3) is 0 Å². The van der Waals surface area contributed by atoms with Crippen molar-refractivity contribution in [3.63, 3.8) is 0 Å². The lowest BCUT2D eigenvalue weighted by atomic mass is 10.1. The molecule has 7 nitrogen and oxygen atoms in total. The highest BCUT2D eigenvalue weighted by Gasteiger charge is 2.46. The fourth-order valence-electron chi connectivity index (χ4n) is 1.73. The Morgan fingerprint density at radius 1 is 1.05 bits per heavy atom. The van der Waals surface area contributed by atoms with Crippen molar-refractivity contribution >= 4 is 23.8 Å².